The zero-order chi connectivity index (χ0) is 17.1. The molecule has 0 spiro atoms. The molecule has 24 heavy (non-hydrogen) atoms. The highest BCUT2D eigenvalue weighted by atomic mass is 79.9. The highest BCUT2D eigenvalue weighted by Gasteiger charge is 2.15. The van der Waals surface area contributed by atoms with Crippen LogP contribution in [0.3, 0.4) is 0 Å². The molecule has 0 radical (unpaired) electrons. The van der Waals surface area contributed by atoms with E-state index in [-0.39, 0.29) is 5.78 Å². The molecule has 1 heterocycles. The van der Waals surface area contributed by atoms with Gasteiger partial charge in [0.1, 0.15) is 0 Å². The lowest BCUT2D eigenvalue weighted by atomic mass is 10.2. The molecule has 0 amide bonds. The van der Waals surface area contributed by atoms with Crippen molar-refractivity contribution in [2.24, 2.45) is 7.05 Å². The number of aromatic nitrogens is 3. The third-order valence-corrected chi connectivity index (χ3v) is 5.69. The largest absolute Gasteiger partial charge is 0.305 e. The van der Waals surface area contributed by atoms with E-state index in [1.165, 1.54) is 11.8 Å². The minimum absolute atomic E-state index is 0.0675. The van der Waals surface area contributed by atoms with Crippen molar-refractivity contribution < 1.29 is 4.79 Å². The molecule has 0 aliphatic carbocycles. The summed E-state index contributed by atoms with van der Waals surface area (Å²) in [5.74, 6) is 1.16. The van der Waals surface area contributed by atoms with E-state index in [2.05, 4.69) is 42.1 Å². The molecule has 0 saturated carbocycles. The molecule has 0 fully saturated rings. The summed E-state index contributed by atoms with van der Waals surface area (Å²) in [6, 6.07) is 15.2. The maximum atomic E-state index is 12.3. The zero-order valence-corrected chi connectivity index (χ0v) is 16.7. The van der Waals surface area contributed by atoms with Crippen molar-refractivity contribution in [3.8, 4) is 11.4 Å². The van der Waals surface area contributed by atoms with Crippen LogP contribution < -0.4 is 0 Å². The Balaban J connectivity index is 1.74. The van der Waals surface area contributed by atoms with Crippen molar-refractivity contribution in [1.29, 1.82) is 0 Å². The number of hydrogen-bond donors (Lipinski definition) is 0. The number of halogens is 2. The van der Waals surface area contributed by atoms with E-state index in [0.29, 0.717) is 16.5 Å². The number of ketones is 1. The van der Waals surface area contributed by atoms with E-state index in [0.717, 1.165) is 20.3 Å². The molecule has 1 aromatic heterocycles. The van der Waals surface area contributed by atoms with Gasteiger partial charge in [-0.05, 0) is 18.2 Å². The quantitative estimate of drug-likeness (QED) is 0.393. The fourth-order valence-electron chi connectivity index (χ4n) is 2.17. The molecule has 0 atom stereocenters. The van der Waals surface area contributed by atoms with Crippen molar-refractivity contribution in [3.63, 3.8) is 0 Å². The summed E-state index contributed by atoms with van der Waals surface area (Å²) in [7, 11) is 1.90. The predicted molar refractivity (Wildman–Crippen MR) is 103 cm³/mol. The van der Waals surface area contributed by atoms with Crippen LogP contribution in [-0.4, -0.2) is 26.3 Å². The fourth-order valence-corrected chi connectivity index (χ4v) is 3.70. The maximum Gasteiger partial charge on any atom is 0.191 e. The standard InChI is InChI=1S/C17H13Br2N3OS/c1-22-16(13-4-2-3-5-14(13)19)20-21-17(22)24-10-15(23)11-6-8-12(18)9-7-11/h2-9H,10H2,1H3. The summed E-state index contributed by atoms with van der Waals surface area (Å²) in [6.45, 7) is 0. The summed E-state index contributed by atoms with van der Waals surface area (Å²) in [6.07, 6.45) is 0. The Morgan fingerprint density at radius 3 is 2.50 bits per heavy atom. The lowest BCUT2D eigenvalue weighted by Crippen LogP contribution is -2.03. The van der Waals surface area contributed by atoms with E-state index < -0.39 is 0 Å². The SMILES string of the molecule is Cn1c(SCC(=O)c2ccc(Br)cc2)nnc1-c1ccccc1Br. The first-order chi connectivity index (χ1) is 11.6. The third kappa shape index (κ3) is 3.79. The molecule has 0 bridgehead atoms. The molecule has 0 aliphatic heterocycles. The Bertz CT molecular complexity index is 878. The Labute approximate surface area is 160 Å². The van der Waals surface area contributed by atoms with Crippen LogP contribution in [0.25, 0.3) is 11.4 Å². The van der Waals surface area contributed by atoms with E-state index >= 15 is 0 Å². The number of carbonyl (C=O) groups excluding carboxylic acids is 1. The number of benzene rings is 2. The summed E-state index contributed by atoms with van der Waals surface area (Å²) in [4.78, 5) is 12.3. The molecule has 7 heteroatoms. The zero-order valence-electron chi connectivity index (χ0n) is 12.7. The van der Waals surface area contributed by atoms with Crippen LogP contribution in [0, 0.1) is 0 Å². The van der Waals surface area contributed by atoms with Crippen molar-refractivity contribution in [2.45, 2.75) is 5.16 Å². The van der Waals surface area contributed by atoms with Crippen molar-refractivity contribution in [2.75, 3.05) is 5.75 Å². The Morgan fingerprint density at radius 1 is 1.08 bits per heavy atom. The van der Waals surface area contributed by atoms with Gasteiger partial charge in [-0.3, -0.25) is 4.79 Å². The molecule has 0 aliphatic rings. The Morgan fingerprint density at radius 2 is 1.79 bits per heavy atom. The molecule has 0 saturated heterocycles. The monoisotopic (exact) mass is 465 g/mol. The van der Waals surface area contributed by atoms with Gasteiger partial charge in [-0.15, -0.1) is 10.2 Å². The number of nitrogens with zero attached hydrogens (tertiary/aromatic N) is 3. The van der Waals surface area contributed by atoms with Gasteiger partial charge in [-0.1, -0.05) is 74.0 Å². The summed E-state index contributed by atoms with van der Waals surface area (Å²) in [5.41, 5.74) is 1.66. The van der Waals surface area contributed by atoms with Gasteiger partial charge < -0.3 is 4.57 Å². The second-order valence-corrected chi connectivity index (χ2v) is 7.78. The van der Waals surface area contributed by atoms with Gasteiger partial charge >= 0.3 is 0 Å². The first-order valence-corrected chi connectivity index (χ1v) is 9.69. The maximum absolute atomic E-state index is 12.3. The minimum atomic E-state index is 0.0675. The summed E-state index contributed by atoms with van der Waals surface area (Å²) < 4.78 is 3.82. The van der Waals surface area contributed by atoms with E-state index in [9.17, 15) is 4.79 Å². The minimum Gasteiger partial charge on any atom is -0.305 e. The summed E-state index contributed by atoms with van der Waals surface area (Å²) >= 11 is 8.29. The van der Waals surface area contributed by atoms with Crippen LogP contribution in [0.1, 0.15) is 10.4 Å². The molecule has 0 unspecified atom stereocenters. The molecule has 0 N–H and O–H groups in total. The molecule has 4 nitrogen and oxygen atoms in total. The van der Waals surface area contributed by atoms with Crippen LogP contribution in [0.5, 0.6) is 0 Å². The van der Waals surface area contributed by atoms with E-state index in [1.54, 1.807) is 0 Å². The van der Waals surface area contributed by atoms with Gasteiger partial charge in [-0.2, -0.15) is 0 Å². The van der Waals surface area contributed by atoms with Crippen molar-refractivity contribution in [3.05, 3.63) is 63.0 Å². The number of rotatable bonds is 5. The van der Waals surface area contributed by atoms with Gasteiger partial charge in [-0.25, -0.2) is 0 Å². The average molecular weight is 467 g/mol. The molecule has 3 rings (SSSR count). The molecule has 2 aromatic carbocycles. The van der Waals surface area contributed by atoms with Gasteiger partial charge in [0.2, 0.25) is 0 Å². The summed E-state index contributed by atoms with van der Waals surface area (Å²) in [5, 5.41) is 9.18. The molecular weight excluding hydrogens is 454 g/mol. The van der Waals surface area contributed by atoms with Gasteiger partial charge in [0.05, 0.1) is 5.75 Å². The van der Waals surface area contributed by atoms with Crippen LogP contribution in [0.15, 0.2) is 62.6 Å². The number of carbonyl (C=O) groups is 1. The van der Waals surface area contributed by atoms with Crippen molar-refractivity contribution in [1.82, 2.24) is 14.8 Å². The van der Waals surface area contributed by atoms with Crippen LogP contribution in [-0.2, 0) is 7.05 Å². The van der Waals surface area contributed by atoms with Crippen LogP contribution in [0.2, 0.25) is 0 Å². The first-order valence-electron chi connectivity index (χ1n) is 7.12. The fraction of sp³-hybridized carbons (Fsp3) is 0.118. The van der Waals surface area contributed by atoms with Gasteiger partial charge in [0, 0.05) is 27.1 Å². The number of hydrogen-bond acceptors (Lipinski definition) is 4. The molecule has 122 valence electrons. The van der Waals surface area contributed by atoms with E-state index in [1.807, 2.05) is 60.1 Å². The first kappa shape index (κ1) is 17.4. The lowest BCUT2D eigenvalue weighted by Gasteiger charge is -2.05. The molecular formula is C17H13Br2N3OS. The third-order valence-electron chi connectivity index (χ3n) is 3.45. The molecule has 3 aromatic rings. The smallest absolute Gasteiger partial charge is 0.191 e. The Hall–Kier alpha value is -1.44. The van der Waals surface area contributed by atoms with Gasteiger partial charge in [0.15, 0.2) is 16.8 Å². The second-order valence-electron chi connectivity index (χ2n) is 5.06. The van der Waals surface area contributed by atoms with Crippen LogP contribution >= 0.6 is 43.6 Å². The lowest BCUT2D eigenvalue weighted by molar-refractivity contribution is 0.102. The highest BCUT2D eigenvalue weighted by Crippen LogP contribution is 2.28. The normalized spacial score (nSPS) is 10.8. The van der Waals surface area contributed by atoms with Crippen LogP contribution in [0.4, 0.5) is 0 Å². The second kappa shape index (κ2) is 7.63. The average Bonchev–Trinajstić information content (AvgIpc) is 2.94. The number of Topliss-reactive ketones (excluding diaryl/α,β-unsaturated/α-hetero) is 1. The Kier molecular flexibility index (Phi) is 5.53. The highest BCUT2D eigenvalue weighted by molar-refractivity contribution is 9.10. The predicted octanol–water partition coefficient (Wildman–Crippen LogP) is 4.98. The van der Waals surface area contributed by atoms with Crippen molar-refractivity contribution >= 4 is 49.4 Å². The number of thioether (sulfide) groups is 1. The topological polar surface area (TPSA) is 47.8 Å². The van der Waals surface area contributed by atoms with Gasteiger partial charge in [0.25, 0.3) is 0 Å². The van der Waals surface area contributed by atoms with E-state index in [4.69, 9.17) is 0 Å².